The lowest BCUT2D eigenvalue weighted by Crippen LogP contribution is -2.21. The van der Waals surface area contributed by atoms with E-state index in [1.165, 1.54) is 24.5 Å². The maximum absolute atomic E-state index is 12.5. The van der Waals surface area contributed by atoms with Crippen molar-refractivity contribution in [2.24, 2.45) is 0 Å². The van der Waals surface area contributed by atoms with Gasteiger partial charge in [-0.15, -0.1) is 0 Å². The van der Waals surface area contributed by atoms with E-state index in [1.807, 2.05) is 19.1 Å². The van der Waals surface area contributed by atoms with Gasteiger partial charge in [0, 0.05) is 10.0 Å². The van der Waals surface area contributed by atoms with Gasteiger partial charge in [0.05, 0.1) is 22.6 Å². The van der Waals surface area contributed by atoms with Gasteiger partial charge in [-0.1, -0.05) is 24.3 Å². The fraction of sp³-hybridized carbons (Fsp3) is 0.143. The Hall–Kier alpha value is -2.91. The molecule has 0 fully saturated rings. The van der Waals surface area contributed by atoms with Crippen LogP contribution in [0.15, 0.2) is 74.6 Å². The minimum absolute atomic E-state index is 0.133. The van der Waals surface area contributed by atoms with Crippen LogP contribution in [0.25, 0.3) is 0 Å². The summed E-state index contributed by atoms with van der Waals surface area (Å²) in [5.41, 5.74) is 1.71. The van der Waals surface area contributed by atoms with Crippen LogP contribution in [0.5, 0.6) is 0 Å². The highest BCUT2D eigenvalue weighted by Gasteiger charge is 2.24. The predicted octanol–water partition coefficient (Wildman–Crippen LogP) is 4.12. The maximum Gasteiger partial charge on any atom is 0.375 e. The molecule has 0 aliphatic carbocycles. The third-order valence-corrected chi connectivity index (χ3v) is 6.45. The standard InChI is InChI=1S/C21H18BrNO6S/c1-14-7-8-18(17(22)11-14)23-19(24)12-29-21(25)20-15(9-10-28-20)13-30(26,27)16-5-3-2-4-6-16/h2-11H,12-13H2,1H3,(H,23,24). The van der Waals surface area contributed by atoms with Gasteiger partial charge in [0.1, 0.15) is 0 Å². The fourth-order valence-electron chi connectivity index (χ4n) is 2.65. The number of nitrogens with one attached hydrogen (secondary N) is 1. The largest absolute Gasteiger partial charge is 0.457 e. The summed E-state index contributed by atoms with van der Waals surface area (Å²) in [6.07, 6.45) is 1.20. The van der Waals surface area contributed by atoms with Crippen LogP contribution in [0.4, 0.5) is 5.69 Å². The Balaban J connectivity index is 1.63. The second-order valence-electron chi connectivity index (χ2n) is 6.45. The normalized spacial score (nSPS) is 11.1. The number of esters is 1. The first-order chi connectivity index (χ1) is 14.3. The number of aryl methyl sites for hydroxylation is 1. The predicted molar refractivity (Wildman–Crippen MR) is 114 cm³/mol. The number of amides is 1. The molecular weight excluding hydrogens is 474 g/mol. The molecule has 156 valence electrons. The summed E-state index contributed by atoms with van der Waals surface area (Å²) in [7, 11) is -3.67. The number of rotatable bonds is 7. The summed E-state index contributed by atoms with van der Waals surface area (Å²) in [5.74, 6) is -2.14. The Kier molecular flexibility index (Phi) is 6.73. The Morgan fingerprint density at radius 2 is 1.83 bits per heavy atom. The van der Waals surface area contributed by atoms with E-state index >= 15 is 0 Å². The van der Waals surface area contributed by atoms with Crippen LogP contribution in [-0.4, -0.2) is 26.9 Å². The van der Waals surface area contributed by atoms with E-state index < -0.39 is 34.1 Å². The number of ether oxygens (including phenoxy) is 1. The van der Waals surface area contributed by atoms with E-state index in [0.29, 0.717) is 10.2 Å². The fourth-order valence-corrected chi connectivity index (χ4v) is 4.62. The highest BCUT2D eigenvalue weighted by atomic mass is 79.9. The highest BCUT2D eigenvalue weighted by Crippen LogP contribution is 2.23. The van der Waals surface area contributed by atoms with Gasteiger partial charge in [-0.3, -0.25) is 4.79 Å². The number of halogens is 1. The van der Waals surface area contributed by atoms with Crippen molar-refractivity contribution in [1.82, 2.24) is 0 Å². The summed E-state index contributed by atoms with van der Waals surface area (Å²) < 4.78 is 35.9. The molecule has 0 spiro atoms. The minimum atomic E-state index is -3.67. The first-order valence-corrected chi connectivity index (χ1v) is 11.3. The maximum atomic E-state index is 12.5. The Morgan fingerprint density at radius 1 is 1.10 bits per heavy atom. The first-order valence-electron chi connectivity index (χ1n) is 8.83. The quantitative estimate of drug-likeness (QED) is 0.498. The highest BCUT2D eigenvalue weighted by molar-refractivity contribution is 9.10. The lowest BCUT2D eigenvalue weighted by molar-refractivity contribution is -0.119. The van der Waals surface area contributed by atoms with E-state index in [2.05, 4.69) is 21.2 Å². The van der Waals surface area contributed by atoms with Gasteiger partial charge in [0.25, 0.3) is 5.91 Å². The Labute approximate surface area is 182 Å². The van der Waals surface area contributed by atoms with Crippen LogP contribution >= 0.6 is 15.9 Å². The van der Waals surface area contributed by atoms with Crippen LogP contribution < -0.4 is 5.32 Å². The molecule has 3 aromatic rings. The summed E-state index contributed by atoms with van der Waals surface area (Å²) in [6.45, 7) is 1.36. The molecular formula is C21H18BrNO6S. The zero-order chi connectivity index (χ0) is 21.7. The van der Waals surface area contributed by atoms with Crippen molar-refractivity contribution in [1.29, 1.82) is 0 Å². The zero-order valence-electron chi connectivity index (χ0n) is 15.9. The van der Waals surface area contributed by atoms with Gasteiger partial charge in [0.2, 0.25) is 5.76 Å². The van der Waals surface area contributed by atoms with Gasteiger partial charge in [0.15, 0.2) is 16.4 Å². The second kappa shape index (κ2) is 9.27. The van der Waals surface area contributed by atoms with Crippen LogP contribution in [0.1, 0.15) is 21.7 Å². The molecule has 0 saturated heterocycles. The van der Waals surface area contributed by atoms with Crippen molar-refractivity contribution in [3.63, 3.8) is 0 Å². The van der Waals surface area contributed by atoms with Crippen LogP contribution in [0.2, 0.25) is 0 Å². The molecule has 30 heavy (non-hydrogen) atoms. The van der Waals surface area contributed by atoms with Crippen LogP contribution in [0.3, 0.4) is 0 Å². The number of benzene rings is 2. The Bertz CT molecular complexity index is 1170. The lowest BCUT2D eigenvalue weighted by atomic mass is 10.2. The van der Waals surface area contributed by atoms with Gasteiger partial charge in [-0.05, 0) is 58.7 Å². The van der Waals surface area contributed by atoms with E-state index in [1.54, 1.807) is 24.3 Å². The van der Waals surface area contributed by atoms with Gasteiger partial charge < -0.3 is 14.5 Å². The van der Waals surface area contributed by atoms with E-state index in [-0.39, 0.29) is 16.2 Å². The molecule has 9 heteroatoms. The van der Waals surface area contributed by atoms with Crippen molar-refractivity contribution >= 4 is 43.3 Å². The van der Waals surface area contributed by atoms with Crippen molar-refractivity contribution in [2.75, 3.05) is 11.9 Å². The lowest BCUT2D eigenvalue weighted by Gasteiger charge is -2.09. The molecule has 7 nitrogen and oxygen atoms in total. The smallest absolute Gasteiger partial charge is 0.375 e. The summed E-state index contributed by atoms with van der Waals surface area (Å²) in [5, 5.41) is 2.62. The van der Waals surface area contributed by atoms with Crippen molar-refractivity contribution in [3.8, 4) is 0 Å². The molecule has 3 rings (SSSR count). The molecule has 1 amide bonds. The molecule has 0 unspecified atom stereocenters. The molecule has 2 aromatic carbocycles. The average Bonchev–Trinajstić information content (AvgIpc) is 3.16. The van der Waals surface area contributed by atoms with E-state index in [0.717, 1.165) is 5.56 Å². The SMILES string of the molecule is Cc1ccc(NC(=O)COC(=O)c2occc2CS(=O)(=O)c2ccccc2)c(Br)c1. The number of carbonyl (C=O) groups excluding carboxylic acids is 2. The van der Waals surface area contributed by atoms with Crippen molar-refractivity contribution in [3.05, 3.63) is 82.2 Å². The third-order valence-electron chi connectivity index (χ3n) is 4.11. The number of anilines is 1. The third kappa shape index (κ3) is 5.37. The summed E-state index contributed by atoms with van der Waals surface area (Å²) >= 11 is 3.35. The molecule has 1 heterocycles. The Morgan fingerprint density at radius 3 is 2.53 bits per heavy atom. The molecule has 0 atom stereocenters. The summed E-state index contributed by atoms with van der Waals surface area (Å²) in [6, 6.07) is 14.7. The van der Waals surface area contributed by atoms with Gasteiger partial charge in [-0.2, -0.15) is 0 Å². The van der Waals surface area contributed by atoms with E-state index in [9.17, 15) is 18.0 Å². The zero-order valence-corrected chi connectivity index (χ0v) is 18.3. The van der Waals surface area contributed by atoms with Crippen LogP contribution in [-0.2, 0) is 25.1 Å². The molecule has 0 aliphatic heterocycles. The number of hydrogen-bond donors (Lipinski definition) is 1. The monoisotopic (exact) mass is 491 g/mol. The van der Waals surface area contributed by atoms with Gasteiger partial charge >= 0.3 is 5.97 Å². The molecule has 1 N–H and O–H groups in total. The first kappa shape index (κ1) is 21.8. The average molecular weight is 492 g/mol. The van der Waals surface area contributed by atoms with Crippen molar-refractivity contribution in [2.45, 2.75) is 17.6 Å². The molecule has 1 aromatic heterocycles. The number of carbonyl (C=O) groups is 2. The number of hydrogen-bond acceptors (Lipinski definition) is 6. The number of furan rings is 1. The minimum Gasteiger partial charge on any atom is -0.457 e. The molecule has 0 radical (unpaired) electrons. The van der Waals surface area contributed by atoms with Crippen molar-refractivity contribution < 1.29 is 27.2 Å². The summed E-state index contributed by atoms with van der Waals surface area (Å²) in [4.78, 5) is 24.5. The van der Waals surface area contributed by atoms with E-state index in [4.69, 9.17) is 9.15 Å². The molecule has 0 saturated carbocycles. The van der Waals surface area contributed by atoms with Gasteiger partial charge in [-0.25, -0.2) is 13.2 Å². The number of sulfone groups is 1. The van der Waals surface area contributed by atoms with Crippen LogP contribution in [0, 0.1) is 6.92 Å². The second-order valence-corrected chi connectivity index (χ2v) is 9.30. The molecule has 0 aliphatic rings. The molecule has 0 bridgehead atoms. The topological polar surface area (TPSA) is 103 Å².